The first-order chi connectivity index (χ1) is 9.08. The Morgan fingerprint density at radius 2 is 2.21 bits per heavy atom. The molecule has 1 aromatic carbocycles. The molecule has 0 spiro atoms. The second-order valence-electron chi connectivity index (χ2n) is 3.67. The maximum absolute atomic E-state index is 11.5. The van der Waals surface area contributed by atoms with Crippen molar-refractivity contribution in [1.82, 2.24) is 0 Å². The molecule has 1 aromatic rings. The molecule has 0 unspecified atom stereocenters. The summed E-state index contributed by atoms with van der Waals surface area (Å²) in [7, 11) is 0. The van der Waals surface area contributed by atoms with Gasteiger partial charge < -0.3 is 10.1 Å². The maximum atomic E-state index is 11.5. The van der Waals surface area contributed by atoms with Gasteiger partial charge in [0, 0.05) is 17.3 Å². The zero-order valence-corrected chi connectivity index (χ0v) is 12.1. The minimum Gasteiger partial charge on any atom is -0.462 e. The third-order valence-electron chi connectivity index (χ3n) is 2.25. The number of terminal acetylenes is 1. The van der Waals surface area contributed by atoms with Crippen LogP contribution in [0.1, 0.15) is 30.1 Å². The van der Waals surface area contributed by atoms with E-state index in [1.807, 2.05) is 0 Å². The lowest BCUT2D eigenvalue weighted by Gasteiger charge is -2.08. The molecule has 0 aromatic heterocycles. The van der Waals surface area contributed by atoms with Crippen LogP contribution >= 0.6 is 15.9 Å². The lowest BCUT2D eigenvalue weighted by Crippen LogP contribution is -2.12. The summed E-state index contributed by atoms with van der Waals surface area (Å²) in [5.74, 6) is 1.84. The number of hydrogen-bond acceptors (Lipinski definition) is 3. The third-order valence-corrected chi connectivity index (χ3v) is 2.91. The summed E-state index contributed by atoms with van der Waals surface area (Å²) in [5.41, 5.74) is 1.02. The van der Waals surface area contributed by atoms with Crippen LogP contribution in [0.25, 0.3) is 0 Å². The number of halogens is 1. The number of carbonyl (C=O) groups excluding carboxylic acids is 2. The van der Waals surface area contributed by atoms with E-state index < -0.39 is 5.97 Å². The summed E-state index contributed by atoms with van der Waals surface area (Å²) < 4.78 is 5.51. The molecule has 4 nitrogen and oxygen atoms in total. The van der Waals surface area contributed by atoms with Crippen LogP contribution in [0.2, 0.25) is 0 Å². The second kappa shape index (κ2) is 7.59. The van der Waals surface area contributed by atoms with Crippen molar-refractivity contribution in [3.8, 4) is 12.3 Å². The minimum atomic E-state index is -0.395. The number of carbonyl (C=O) groups is 2. The fourth-order valence-corrected chi connectivity index (χ4v) is 1.83. The van der Waals surface area contributed by atoms with Crippen LogP contribution in [0.3, 0.4) is 0 Å². The van der Waals surface area contributed by atoms with Crippen molar-refractivity contribution in [1.29, 1.82) is 0 Å². The second-order valence-corrected chi connectivity index (χ2v) is 4.52. The Morgan fingerprint density at radius 1 is 1.47 bits per heavy atom. The predicted octanol–water partition coefficient (Wildman–Crippen LogP) is 2.98. The van der Waals surface area contributed by atoms with Gasteiger partial charge in [0.05, 0.1) is 17.9 Å². The Morgan fingerprint density at radius 3 is 2.79 bits per heavy atom. The molecular weight excluding hydrogens is 310 g/mol. The van der Waals surface area contributed by atoms with Crippen LogP contribution in [0.15, 0.2) is 22.7 Å². The summed E-state index contributed by atoms with van der Waals surface area (Å²) in [6.45, 7) is 2.06. The average molecular weight is 324 g/mol. The molecule has 1 N–H and O–H groups in total. The van der Waals surface area contributed by atoms with Crippen LogP contribution in [-0.4, -0.2) is 18.5 Å². The Labute approximate surface area is 120 Å². The highest BCUT2D eigenvalue weighted by molar-refractivity contribution is 9.10. The summed E-state index contributed by atoms with van der Waals surface area (Å²) in [6, 6.07) is 4.85. The van der Waals surface area contributed by atoms with Crippen LogP contribution in [0.5, 0.6) is 0 Å². The van der Waals surface area contributed by atoms with Gasteiger partial charge in [0.15, 0.2) is 0 Å². The molecule has 1 rings (SSSR count). The molecule has 1 amide bonds. The molecule has 0 heterocycles. The number of ether oxygens (including phenoxy) is 1. The van der Waals surface area contributed by atoms with Crippen molar-refractivity contribution in [3.05, 3.63) is 28.2 Å². The minimum absolute atomic E-state index is 0.164. The van der Waals surface area contributed by atoms with Gasteiger partial charge in [-0.15, -0.1) is 12.3 Å². The van der Waals surface area contributed by atoms with E-state index >= 15 is 0 Å². The monoisotopic (exact) mass is 323 g/mol. The summed E-state index contributed by atoms with van der Waals surface area (Å²) in [5, 5.41) is 2.71. The van der Waals surface area contributed by atoms with Crippen LogP contribution in [0, 0.1) is 12.3 Å². The third kappa shape index (κ3) is 4.76. The largest absolute Gasteiger partial charge is 0.462 e. The first-order valence-corrected chi connectivity index (χ1v) is 6.57. The van der Waals surface area contributed by atoms with Crippen molar-refractivity contribution in [3.63, 3.8) is 0 Å². The number of nitrogens with one attached hydrogen (secondary N) is 1. The van der Waals surface area contributed by atoms with Gasteiger partial charge >= 0.3 is 5.97 Å². The number of esters is 1. The normalized spacial score (nSPS) is 9.53. The smallest absolute Gasteiger partial charge is 0.338 e. The van der Waals surface area contributed by atoms with Gasteiger partial charge in [0.1, 0.15) is 0 Å². The van der Waals surface area contributed by atoms with E-state index in [1.54, 1.807) is 25.1 Å². The lowest BCUT2D eigenvalue weighted by atomic mass is 10.2. The Kier molecular flexibility index (Phi) is 6.10. The number of anilines is 1. The Balaban J connectivity index is 2.75. The Bertz CT molecular complexity index is 520. The van der Waals surface area contributed by atoms with Crippen molar-refractivity contribution < 1.29 is 14.3 Å². The zero-order chi connectivity index (χ0) is 14.3. The molecule has 0 fully saturated rings. The molecule has 0 atom stereocenters. The van der Waals surface area contributed by atoms with E-state index in [0.717, 1.165) is 0 Å². The van der Waals surface area contributed by atoms with E-state index in [9.17, 15) is 9.59 Å². The Hall–Kier alpha value is -1.80. The highest BCUT2D eigenvalue weighted by Crippen LogP contribution is 2.24. The predicted molar refractivity (Wildman–Crippen MR) is 76.8 cm³/mol. The molecule has 0 aliphatic rings. The van der Waals surface area contributed by atoms with Crippen LogP contribution in [0.4, 0.5) is 5.69 Å². The highest BCUT2D eigenvalue weighted by Gasteiger charge is 2.10. The van der Waals surface area contributed by atoms with E-state index in [0.29, 0.717) is 28.8 Å². The molecular formula is C14H14BrNO3. The van der Waals surface area contributed by atoms with E-state index in [2.05, 4.69) is 27.2 Å². The standard InChI is InChI=1S/C14H14BrNO3/c1-3-5-6-13(17)16-12-8-7-10(9-11(12)15)14(18)19-4-2/h1,7-9H,4-6H2,2H3,(H,16,17). The first-order valence-electron chi connectivity index (χ1n) is 5.78. The van der Waals surface area contributed by atoms with E-state index in [4.69, 9.17) is 11.2 Å². The van der Waals surface area contributed by atoms with Gasteiger partial charge in [-0.2, -0.15) is 0 Å². The van der Waals surface area contributed by atoms with Crippen molar-refractivity contribution in [2.75, 3.05) is 11.9 Å². The van der Waals surface area contributed by atoms with Gasteiger partial charge in [-0.3, -0.25) is 4.79 Å². The fraction of sp³-hybridized carbons (Fsp3) is 0.286. The van der Waals surface area contributed by atoms with Crippen LogP contribution < -0.4 is 5.32 Å². The molecule has 0 aliphatic carbocycles. The lowest BCUT2D eigenvalue weighted by molar-refractivity contribution is -0.116. The summed E-state index contributed by atoms with van der Waals surface area (Å²) in [6.07, 6.45) is 5.75. The van der Waals surface area contributed by atoms with Crippen molar-refractivity contribution >= 4 is 33.5 Å². The van der Waals surface area contributed by atoms with E-state index in [-0.39, 0.29) is 12.3 Å². The topological polar surface area (TPSA) is 55.4 Å². The quantitative estimate of drug-likeness (QED) is 0.669. The maximum Gasteiger partial charge on any atom is 0.338 e. The van der Waals surface area contributed by atoms with Gasteiger partial charge in [0.2, 0.25) is 5.91 Å². The van der Waals surface area contributed by atoms with Crippen molar-refractivity contribution in [2.45, 2.75) is 19.8 Å². The molecule has 0 aliphatic heterocycles. The molecule has 5 heteroatoms. The number of rotatable bonds is 5. The van der Waals surface area contributed by atoms with E-state index in [1.165, 1.54) is 0 Å². The summed E-state index contributed by atoms with van der Waals surface area (Å²) in [4.78, 5) is 23.0. The number of benzene rings is 1. The van der Waals surface area contributed by atoms with Gasteiger partial charge in [-0.05, 0) is 41.1 Å². The van der Waals surface area contributed by atoms with Gasteiger partial charge in [-0.25, -0.2) is 4.79 Å². The molecule has 100 valence electrons. The molecule has 19 heavy (non-hydrogen) atoms. The van der Waals surface area contributed by atoms with Crippen molar-refractivity contribution in [2.24, 2.45) is 0 Å². The average Bonchev–Trinajstić information content (AvgIpc) is 2.39. The fourth-order valence-electron chi connectivity index (χ4n) is 1.36. The highest BCUT2D eigenvalue weighted by atomic mass is 79.9. The first kappa shape index (κ1) is 15.3. The molecule has 0 saturated carbocycles. The van der Waals surface area contributed by atoms with Crippen LogP contribution in [-0.2, 0) is 9.53 Å². The molecule has 0 radical (unpaired) electrons. The molecule has 0 bridgehead atoms. The number of amides is 1. The number of hydrogen-bond donors (Lipinski definition) is 1. The summed E-state index contributed by atoms with van der Waals surface area (Å²) >= 11 is 3.30. The zero-order valence-electron chi connectivity index (χ0n) is 10.5. The SMILES string of the molecule is C#CCCC(=O)Nc1ccc(C(=O)OCC)cc1Br. The van der Waals surface area contributed by atoms with Gasteiger partial charge in [0.25, 0.3) is 0 Å². The molecule has 0 saturated heterocycles. The van der Waals surface area contributed by atoms with Gasteiger partial charge in [-0.1, -0.05) is 0 Å².